The van der Waals surface area contributed by atoms with E-state index in [-0.39, 0.29) is 38.8 Å². The molecule has 15 heteroatoms. The number of Topliss-reactive ketones (excluding diaryl/α,β-unsaturated/α-hetero) is 2. The molecule has 2 aromatic rings. The van der Waals surface area contributed by atoms with E-state index in [0.717, 1.165) is 12.3 Å². The zero-order valence-electron chi connectivity index (χ0n) is 35.1. The minimum Gasteiger partial charge on any atom is -0.462 e. The van der Waals surface area contributed by atoms with Gasteiger partial charge in [0.2, 0.25) is 5.78 Å². The number of aliphatic hydroxyl groups is 2. The van der Waals surface area contributed by atoms with E-state index in [2.05, 4.69) is 5.32 Å². The van der Waals surface area contributed by atoms with E-state index in [1.54, 1.807) is 46.8 Å². The number of esters is 2. The van der Waals surface area contributed by atoms with Crippen molar-refractivity contribution in [1.82, 2.24) is 5.32 Å². The van der Waals surface area contributed by atoms with Crippen molar-refractivity contribution in [3.8, 4) is 11.5 Å². The van der Waals surface area contributed by atoms with E-state index in [4.69, 9.17) is 35.3 Å². The van der Waals surface area contributed by atoms with Gasteiger partial charge in [-0.3, -0.25) is 24.0 Å². The molecule has 0 saturated carbocycles. The van der Waals surface area contributed by atoms with Crippen molar-refractivity contribution >= 4 is 46.8 Å². The molecule has 9 unspecified atom stereocenters. The van der Waals surface area contributed by atoms with E-state index in [1.165, 1.54) is 65.2 Å². The number of hydrogen-bond donors (Lipinski definition) is 3. The number of rotatable bonds is 4. The lowest BCUT2D eigenvalue weighted by Gasteiger charge is -2.38. The van der Waals surface area contributed by atoms with Gasteiger partial charge in [-0.1, -0.05) is 63.6 Å². The summed E-state index contributed by atoms with van der Waals surface area (Å²) in [4.78, 5) is 82.2. The Bertz CT molecular complexity index is 2260. The standard InChI is InChI=1S/C45H50ClNO13/c1-20-14-15-28(18-29(20)46)44(55)59-40-26(7)41-35-33-31(49)19-30(38(52)34(33)40)47-43(54)22(3)13-11-12-21(2)36(50)24(5)37(51)25(6)39(58-27(8)48)23(4)32(56-10)16-17-57-45(9,60-41)42(35)53/h11-19,21,23-25,32,36-37,39,50-51H,1-10H3,(H,47,54). The summed E-state index contributed by atoms with van der Waals surface area (Å²) >= 11 is 6.29. The monoisotopic (exact) mass is 847 g/mol. The minimum absolute atomic E-state index is 0.00567. The van der Waals surface area contributed by atoms with Crippen LogP contribution in [-0.4, -0.2) is 82.7 Å². The summed E-state index contributed by atoms with van der Waals surface area (Å²) in [5.41, 5.74) is -0.787. The number of ether oxygens (including phenoxy) is 5. The number of benzene rings is 2. The molecule has 0 fully saturated rings. The van der Waals surface area contributed by atoms with Gasteiger partial charge in [0, 0.05) is 66.9 Å². The summed E-state index contributed by atoms with van der Waals surface area (Å²) in [6, 6.07) is 4.45. The predicted molar refractivity (Wildman–Crippen MR) is 219 cm³/mol. The molecule has 6 rings (SSSR count). The van der Waals surface area contributed by atoms with Crippen LogP contribution in [0.4, 0.5) is 0 Å². The first-order chi connectivity index (χ1) is 28.1. The maximum absolute atomic E-state index is 14.4. The molecule has 0 aromatic heterocycles. The van der Waals surface area contributed by atoms with Gasteiger partial charge in [-0.05, 0) is 44.5 Å². The van der Waals surface area contributed by atoms with E-state index < -0.39 is 106 Å². The van der Waals surface area contributed by atoms with Gasteiger partial charge >= 0.3 is 17.7 Å². The zero-order valence-corrected chi connectivity index (χ0v) is 35.8. The largest absolute Gasteiger partial charge is 0.462 e. The normalized spacial score (nSPS) is 28.6. The fourth-order valence-corrected chi connectivity index (χ4v) is 7.79. The van der Waals surface area contributed by atoms with Crippen LogP contribution in [0.5, 0.6) is 11.5 Å². The summed E-state index contributed by atoms with van der Waals surface area (Å²) in [6.45, 7) is 14.0. The summed E-state index contributed by atoms with van der Waals surface area (Å²) in [5, 5.41) is 25.5. The van der Waals surface area contributed by atoms with Crippen molar-refractivity contribution in [2.45, 2.75) is 92.5 Å². The molecule has 1 aliphatic carbocycles. The van der Waals surface area contributed by atoms with Crippen molar-refractivity contribution in [2.75, 3.05) is 7.11 Å². The molecule has 3 aliphatic heterocycles. The van der Waals surface area contributed by atoms with Crippen LogP contribution in [0, 0.1) is 37.5 Å². The maximum Gasteiger partial charge on any atom is 0.343 e. The van der Waals surface area contributed by atoms with Gasteiger partial charge in [-0.25, -0.2) is 4.79 Å². The number of fused-ring (bicyclic) bond motifs is 14. The molecule has 5 bridgehead atoms. The predicted octanol–water partition coefficient (Wildman–Crippen LogP) is 6.11. The highest BCUT2D eigenvalue weighted by atomic mass is 35.5. The van der Waals surface area contributed by atoms with Gasteiger partial charge in [0.15, 0.2) is 5.78 Å². The Morgan fingerprint density at radius 1 is 0.917 bits per heavy atom. The first-order valence-electron chi connectivity index (χ1n) is 19.4. The van der Waals surface area contributed by atoms with Crippen LogP contribution in [0.15, 0.2) is 66.1 Å². The number of carbonyl (C=O) groups is 6. The lowest BCUT2D eigenvalue weighted by molar-refractivity contribution is -0.160. The smallest absolute Gasteiger partial charge is 0.343 e. The Morgan fingerprint density at radius 2 is 1.60 bits per heavy atom. The molecule has 14 nitrogen and oxygen atoms in total. The third-order valence-corrected chi connectivity index (χ3v) is 11.8. The highest BCUT2D eigenvalue weighted by Gasteiger charge is 2.52. The molecule has 9 atom stereocenters. The SMILES string of the molecule is COC1C=COC2(C)Oc3c(C)c(OC(=O)c4ccc(C)c(Cl)c4)c4c(c3C2=O)C(=O)C=C(NC(=O)C(C)=CC=CC(C)C(O)C(C)C(O)C(C)C(OC(C)=O)C1C)C4=O. The molecule has 4 aliphatic rings. The number of allylic oxidation sites excluding steroid dienone is 4. The molecule has 320 valence electrons. The first-order valence-corrected chi connectivity index (χ1v) is 19.8. The molecule has 0 spiro atoms. The average Bonchev–Trinajstić information content (AvgIpc) is 3.46. The van der Waals surface area contributed by atoms with E-state index >= 15 is 0 Å². The Morgan fingerprint density at radius 3 is 2.23 bits per heavy atom. The van der Waals surface area contributed by atoms with Crippen molar-refractivity contribution in [1.29, 1.82) is 0 Å². The fourth-order valence-electron chi connectivity index (χ4n) is 7.61. The number of hydrogen-bond acceptors (Lipinski definition) is 13. The Balaban J connectivity index is 1.66. The lowest BCUT2D eigenvalue weighted by Crippen LogP contribution is -2.46. The topological polar surface area (TPSA) is 201 Å². The van der Waals surface area contributed by atoms with E-state index in [0.29, 0.717) is 5.56 Å². The average molecular weight is 848 g/mol. The zero-order chi connectivity index (χ0) is 44.5. The second-order valence-electron chi connectivity index (χ2n) is 15.7. The van der Waals surface area contributed by atoms with Crippen LogP contribution in [0.1, 0.15) is 101 Å². The number of methoxy groups -OCH3 is 1. The van der Waals surface area contributed by atoms with Crippen LogP contribution < -0.4 is 14.8 Å². The number of amides is 1. The molecule has 3 N–H and O–H groups in total. The van der Waals surface area contributed by atoms with Crippen molar-refractivity contribution < 1.29 is 62.7 Å². The van der Waals surface area contributed by atoms with Gasteiger partial charge in [0.25, 0.3) is 11.7 Å². The van der Waals surface area contributed by atoms with Crippen molar-refractivity contribution in [2.24, 2.45) is 23.7 Å². The molecule has 0 saturated heterocycles. The van der Waals surface area contributed by atoms with Crippen LogP contribution in [0.2, 0.25) is 5.02 Å². The highest BCUT2D eigenvalue weighted by Crippen LogP contribution is 2.48. The van der Waals surface area contributed by atoms with Crippen molar-refractivity contribution in [3.05, 3.63) is 105 Å². The number of aryl methyl sites for hydroxylation is 1. The van der Waals surface area contributed by atoms with Crippen LogP contribution >= 0.6 is 11.6 Å². The fraction of sp³-hybridized carbons (Fsp3) is 0.422. The molecule has 2 aromatic carbocycles. The van der Waals surface area contributed by atoms with Gasteiger partial charge in [0.05, 0.1) is 52.5 Å². The molecule has 1 amide bonds. The quantitative estimate of drug-likeness (QED) is 0.236. The highest BCUT2D eigenvalue weighted by molar-refractivity contribution is 6.32. The molecular formula is C45H50ClNO13. The second-order valence-corrected chi connectivity index (χ2v) is 16.1. The molecular weight excluding hydrogens is 798 g/mol. The third-order valence-electron chi connectivity index (χ3n) is 11.4. The second kappa shape index (κ2) is 18.1. The maximum atomic E-state index is 14.4. The van der Waals surface area contributed by atoms with E-state index in [9.17, 15) is 39.0 Å². The minimum atomic E-state index is -2.13. The summed E-state index contributed by atoms with van der Waals surface area (Å²) < 4.78 is 29.4. The number of aliphatic hydroxyl groups excluding tert-OH is 2. The van der Waals surface area contributed by atoms with Gasteiger partial charge < -0.3 is 39.2 Å². The van der Waals surface area contributed by atoms with Gasteiger partial charge in [-0.2, -0.15) is 0 Å². The summed E-state index contributed by atoms with van der Waals surface area (Å²) in [7, 11) is 1.41. The van der Waals surface area contributed by atoms with E-state index in [1.807, 2.05) is 0 Å². The molecule has 60 heavy (non-hydrogen) atoms. The molecule has 0 radical (unpaired) electrons. The number of carbonyl (C=O) groups excluding carboxylic acids is 6. The van der Waals surface area contributed by atoms with Crippen LogP contribution in [0.3, 0.4) is 0 Å². The Labute approximate surface area is 353 Å². The number of halogens is 1. The summed E-state index contributed by atoms with van der Waals surface area (Å²) in [5.74, 6) is -10.2. The third kappa shape index (κ3) is 8.87. The number of nitrogens with one attached hydrogen (secondary N) is 1. The van der Waals surface area contributed by atoms with Crippen LogP contribution in [0.25, 0.3) is 0 Å². The lowest BCUT2D eigenvalue weighted by atomic mass is 9.78. The van der Waals surface area contributed by atoms with Crippen molar-refractivity contribution in [3.63, 3.8) is 0 Å². The Hall–Kier alpha value is -5.41. The summed E-state index contributed by atoms with van der Waals surface area (Å²) in [6.07, 6.45) is 4.10. The van der Waals surface area contributed by atoms with Gasteiger partial charge in [0.1, 0.15) is 17.6 Å². The molecule has 3 heterocycles. The van der Waals surface area contributed by atoms with Crippen LogP contribution in [-0.2, 0) is 23.8 Å². The van der Waals surface area contributed by atoms with Gasteiger partial charge in [-0.15, -0.1) is 0 Å². The number of ketones is 3. The Kier molecular flexibility index (Phi) is 13.7. The first kappa shape index (κ1) is 45.7.